The van der Waals surface area contributed by atoms with Gasteiger partial charge in [0.05, 0.1) is 24.0 Å². The smallest absolute Gasteiger partial charge is 0.230 e. The Morgan fingerprint density at radius 3 is 2.76 bits per heavy atom. The van der Waals surface area contributed by atoms with Crippen molar-refractivity contribution >= 4 is 50.7 Å². The molecule has 0 bridgehead atoms. The van der Waals surface area contributed by atoms with E-state index in [0.717, 1.165) is 21.6 Å². The average Bonchev–Trinajstić information content (AvgIpc) is 3.21. The predicted octanol–water partition coefficient (Wildman–Crippen LogP) is 5.07. The normalized spacial score (nSPS) is 10.8. The Hall–Kier alpha value is -2.97. The molecule has 2 heterocycles. The van der Waals surface area contributed by atoms with Gasteiger partial charge in [-0.25, -0.2) is 15.0 Å². The van der Waals surface area contributed by atoms with Crippen LogP contribution >= 0.6 is 23.1 Å². The Balaban J connectivity index is 1.57. The van der Waals surface area contributed by atoms with Crippen molar-refractivity contribution in [1.82, 2.24) is 15.0 Å². The molecule has 6 nitrogen and oxygen atoms in total. The van der Waals surface area contributed by atoms with Crippen molar-refractivity contribution in [2.75, 3.05) is 12.0 Å². The number of thiazole rings is 1. The second kappa shape index (κ2) is 8.59. The number of fused-ring (bicyclic) bond motifs is 1. The van der Waals surface area contributed by atoms with E-state index in [4.69, 9.17) is 4.74 Å². The standard InChI is InChI=1S/C21H18N4O2S2/c1-14(26)25(18-9-5-6-10-19(18)27-2)21-24-15(12-29-21)11-28-20-16-7-3-4-8-17(16)22-13-23-20/h3-10,12-13H,11H2,1-2H3. The highest BCUT2D eigenvalue weighted by molar-refractivity contribution is 7.98. The average molecular weight is 423 g/mol. The summed E-state index contributed by atoms with van der Waals surface area (Å²) in [6, 6.07) is 15.4. The van der Waals surface area contributed by atoms with Gasteiger partial charge in [-0.3, -0.25) is 9.69 Å². The van der Waals surface area contributed by atoms with Crippen molar-refractivity contribution in [3.63, 3.8) is 0 Å². The number of nitrogens with zero attached hydrogens (tertiary/aromatic N) is 4. The lowest BCUT2D eigenvalue weighted by Gasteiger charge is -2.20. The molecule has 0 N–H and O–H groups in total. The van der Waals surface area contributed by atoms with Crippen molar-refractivity contribution in [2.24, 2.45) is 0 Å². The highest BCUT2D eigenvalue weighted by Gasteiger charge is 2.21. The minimum atomic E-state index is -0.121. The maximum atomic E-state index is 12.4. The van der Waals surface area contributed by atoms with Crippen LogP contribution in [-0.2, 0) is 10.5 Å². The highest BCUT2D eigenvalue weighted by Crippen LogP contribution is 2.36. The van der Waals surface area contributed by atoms with Gasteiger partial charge in [0.1, 0.15) is 17.1 Å². The first-order chi connectivity index (χ1) is 14.2. The van der Waals surface area contributed by atoms with Crippen LogP contribution in [-0.4, -0.2) is 28.0 Å². The number of methoxy groups -OCH3 is 1. The van der Waals surface area contributed by atoms with E-state index in [1.54, 1.807) is 30.1 Å². The second-order valence-corrected chi connectivity index (χ2v) is 7.93. The van der Waals surface area contributed by atoms with Gasteiger partial charge in [0, 0.05) is 23.4 Å². The SMILES string of the molecule is COc1ccccc1N(C(C)=O)c1nc(CSc2ncnc3ccccc23)cs1. The van der Waals surface area contributed by atoms with Crippen molar-refractivity contribution in [3.8, 4) is 5.75 Å². The Kier molecular flexibility index (Phi) is 5.73. The fourth-order valence-electron chi connectivity index (χ4n) is 2.92. The molecule has 0 aliphatic rings. The molecule has 0 radical (unpaired) electrons. The van der Waals surface area contributed by atoms with Crippen LogP contribution in [0.5, 0.6) is 5.75 Å². The molecular weight excluding hydrogens is 404 g/mol. The van der Waals surface area contributed by atoms with E-state index in [1.165, 1.54) is 18.3 Å². The maximum absolute atomic E-state index is 12.4. The number of hydrogen-bond donors (Lipinski definition) is 0. The Morgan fingerprint density at radius 1 is 1.14 bits per heavy atom. The lowest BCUT2D eigenvalue weighted by atomic mass is 10.2. The summed E-state index contributed by atoms with van der Waals surface area (Å²) in [5, 5.41) is 4.52. The van der Waals surface area contributed by atoms with E-state index < -0.39 is 0 Å². The number of carbonyl (C=O) groups excluding carboxylic acids is 1. The molecule has 29 heavy (non-hydrogen) atoms. The third-order valence-corrected chi connectivity index (χ3v) is 6.15. The van der Waals surface area contributed by atoms with Crippen molar-refractivity contribution in [1.29, 1.82) is 0 Å². The van der Waals surface area contributed by atoms with Crippen LogP contribution < -0.4 is 9.64 Å². The van der Waals surface area contributed by atoms with Crippen LogP contribution in [0, 0.1) is 0 Å². The van der Waals surface area contributed by atoms with Crippen LogP contribution in [0.3, 0.4) is 0 Å². The second-order valence-electron chi connectivity index (χ2n) is 6.13. The molecule has 0 unspecified atom stereocenters. The number of anilines is 2. The molecule has 4 rings (SSSR count). The van der Waals surface area contributed by atoms with Crippen LogP contribution in [0.1, 0.15) is 12.6 Å². The summed E-state index contributed by atoms with van der Waals surface area (Å²) < 4.78 is 5.42. The van der Waals surface area contributed by atoms with Gasteiger partial charge in [-0.15, -0.1) is 11.3 Å². The molecule has 0 fully saturated rings. The highest BCUT2D eigenvalue weighted by atomic mass is 32.2. The first-order valence-corrected chi connectivity index (χ1v) is 10.7. The molecule has 146 valence electrons. The van der Waals surface area contributed by atoms with Crippen LogP contribution in [0.15, 0.2) is 65.3 Å². The first kappa shape index (κ1) is 19.4. The minimum absolute atomic E-state index is 0.121. The zero-order valence-electron chi connectivity index (χ0n) is 15.9. The number of benzene rings is 2. The molecule has 1 amide bonds. The molecular formula is C21H18N4O2S2. The number of thioether (sulfide) groups is 1. The lowest BCUT2D eigenvalue weighted by molar-refractivity contribution is -0.115. The predicted molar refractivity (Wildman–Crippen MR) is 117 cm³/mol. The van der Waals surface area contributed by atoms with E-state index in [9.17, 15) is 4.79 Å². The minimum Gasteiger partial charge on any atom is -0.495 e. The molecule has 4 aromatic rings. The molecule has 2 aromatic carbocycles. The summed E-state index contributed by atoms with van der Waals surface area (Å²) in [6.07, 6.45) is 1.58. The van der Waals surface area contributed by atoms with E-state index in [2.05, 4.69) is 15.0 Å². The van der Waals surface area contributed by atoms with Gasteiger partial charge < -0.3 is 4.74 Å². The van der Waals surface area contributed by atoms with E-state index in [-0.39, 0.29) is 5.91 Å². The molecule has 0 atom stereocenters. The third kappa shape index (κ3) is 4.08. The molecule has 8 heteroatoms. The summed E-state index contributed by atoms with van der Waals surface area (Å²) in [7, 11) is 1.59. The van der Waals surface area contributed by atoms with Crippen molar-refractivity contribution < 1.29 is 9.53 Å². The van der Waals surface area contributed by atoms with Gasteiger partial charge in [-0.05, 0) is 18.2 Å². The molecule has 0 saturated carbocycles. The molecule has 0 spiro atoms. The van der Waals surface area contributed by atoms with Crippen molar-refractivity contribution in [2.45, 2.75) is 17.7 Å². The number of carbonyl (C=O) groups is 1. The fraction of sp³-hybridized carbons (Fsp3) is 0.143. The zero-order chi connectivity index (χ0) is 20.2. The summed E-state index contributed by atoms with van der Waals surface area (Å²) in [6.45, 7) is 1.52. The molecule has 0 aliphatic carbocycles. The number of para-hydroxylation sites is 3. The van der Waals surface area contributed by atoms with Crippen molar-refractivity contribution in [3.05, 3.63) is 65.9 Å². The summed E-state index contributed by atoms with van der Waals surface area (Å²) in [5.74, 6) is 1.15. The van der Waals surface area contributed by atoms with E-state index >= 15 is 0 Å². The largest absolute Gasteiger partial charge is 0.495 e. The van der Waals surface area contributed by atoms with Gasteiger partial charge in [-0.1, -0.05) is 42.1 Å². The summed E-state index contributed by atoms with van der Waals surface area (Å²) >= 11 is 3.04. The van der Waals surface area contributed by atoms with Crippen LogP contribution in [0.25, 0.3) is 10.9 Å². The summed E-state index contributed by atoms with van der Waals surface area (Å²) in [4.78, 5) is 27.3. The number of hydrogen-bond acceptors (Lipinski definition) is 7. The number of ether oxygens (including phenoxy) is 1. The van der Waals surface area contributed by atoms with Gasteiger partial charge in [-0.2, -0.15) is 0 Å². The monoisotopic (exact) mass is 422 g/mol. The number of rotatable bonds is 6. The maximum Gasteiger partial charge on any atom is 0.230 e. The first-order valence-electron chi connectivity index (χ1n) is 8.88. The Morgan fingerprint density at radius 2 is 1.93 bits per heavy atom. The molecule has 0 saturated heterocycles. The van der Waals surface area contributed by atoms with Gasteiger partial charge in [0.15, 0.2) is 5.13 Å². The molecule has 0 aliphatic heterocycles. The topological polar surface area (TPSA) is 68.2 Å². The van der Waals surface area contributed by atoms with Crippen LogP contribution in [0.2, 0.25) is 0 Å². The Labute approximate surface area is 176 Å². The van der Waals surface area contributed by atoms with E-state index in [1.807, 2.05) is 53.9 Å². The van der Waals surface area contributed by atoms with Gasteiger partial charge >= 0.3 is 0 Å². The quantitative estimate of drug-likeness (QED) is 0.319. The van der Waals surface area contributed by atoms with Crippen LogP contribution in [0.4, 0.5) is 10.8 Å². The van der Waals surface area contributed by atoms with Gasteiger partial charge in [0.25, 0.3) is 0 Å². The third-order valence-electron chi connectivity index (χ3n) is 4.23. The molecule has 2 aromatic heterocycles. The lowest BCUT2D eigenvalue weighted by Crippen LogP contribution is -2.23. The number of aromatic nitrogens is 3. The number of amides is 1. The summed E-state index contributed by atoms with van der Waals surface area (Å²) in [5.41, 5.74) is 2.49. The Bertz CT molecular complexity index is 1160. The van der Waals surface area contributed by atoms with Gasteiger partial charge in [0.2, 0.25) is 5.91 Å². The fourth-order valence-corrected chi connectivity index (χ4v) is 4.79. The zero-order valence-corrected chi connectivity index (χ0v) is 17.5. The van der Waals surface area contributed by atoms with E-state index in [0.29, 0.717) is 22.3 Å².